The minimum atomic E-state index is -4.56. The van der Waals surface area contributed by atoms with Crippen molar-refractivity contribution in [2.75, 3.05) is 12.4 Å². The Morgan fingerprint density at radius 2 is 1.68 bits per heavy atom. The molecule has 7 heteroatoms. The normalized spacial score (nSPS) is 12.4. The van der Waals surface area contributed by atoms with E-state index in [0.29, 0.717) is 11.5 Å². The predicted molar refractivity (Wildman–Crippen MR) is 87.8 cm³/mol. The molecule has 0 aliphatic heterocycles. The predicted octanol–water partition coefficient (Wildman–Crippen LogP) is 4.51. The lowest BCUT2D eigenvalue weighted by molar-refractivity contribution is -0.137. The zero-order valence-electron chi connectivity index (χ0n) is 13.8. The Morgan fingerprint density at radius 3 is 2.28 bits per heavy atom. The Bertz CT molecular complexity index is 732. The Balaban J connectivity index is 2.19. The van der Waals surface area contributed by atoms with E-state index in [-0.39, 0.29) is 12.1 Å². The number of halogens is 3. The van der Waals surface area contributed by atoms with Gasteiger partial charge in [0.05, 0.1) is 18.4 Å². The van der Waals surface area contributed by atoms with Gasteiger partial charge in [0.1, 0.15) is 0 Å². The number of rotatable bonds is 6. The van der Waals surface area contributed by atoms with E-state index in [1.807, 2.05) is 0 Å². The van der Waals surface area contributed by atoms with Crippen LogP contribution in [0.5, 0.6) is 11.5 Å². The van der Waals surface area contributed by atoms with E-state index in [1.165, 1.54) is 25.3 Å². The molecule has 1 N–H and O–H groups in total. The Hall–Kier alpha value is -2.70. The second kappa shape index (κ2) is 7.92. The van der Waals surface area contributed by atoms with Crippen molar-refractivity contribution in [3.05, 3.63) is 54.1 Å². The van der Waals surface area contributed by atoms with Gasteiger partial charge in [-0.25, -0.2) is 0 Å². The number of carbonyl (C=O) groups excluding carboxylic acids is 1. The first-order valence-corrected chi connectivity index (χ1v) is 7.63. The molecule has 134 valence electrons. The van der Waals surface area contributed by atoms with Crippen LogP contribution in [-0.2, 0) is 11.0 Å². The molecule has 4 nitrogen and oxygen atoms in total. The number of carbonyl (C=O) groups is 1. The van der Waals surface area contributed by atoms with Crippen molar-refractivity contribution in [3.8, 4) is 11.5 Å². The highest BCUT2D eigenvalue weighted by molar-refractivity contribution is 5.95. The summed E-state index contributed by atoms with van der Waals surface area (Å²) in [6.07, 6.45) is -5.25. The van der Waals surface area contributed by atoms with Gasteiger partial charge in [0.15, 0.2) is 17.6 Å². The van der Waals surface area contributed by atoms with E-state index in [4.69, 9.17) is 9.47 Å². The van der Waals surface area contributed by atoms with Crippen LogP contribution < -0.4 is 14.8 Å². The molecule has 0 aliphatic rings. The number of methoxy groups -OCH3 is 1. The van der Waals surface area contributed by atoms with E-state index in [2.05, 4.69) is 5.32 Å². The number of benzene rings is 2. The summed E-state index contributed by atoms with van der Waals surface area (Å²) in [5.41, 5.74) is -1.21. The van der Waals surface area contributed by atoms with Crippen LogP contribution >= 0.6 is 0 Å². The SMILES string of the molecule is CC[C@H](Oc1ccccc1OC)C(=O)Nc1ccccc1C(F)(F)F. The van der Waals surface area contributed by atoms with Crippen LogP contribution in [-0.4, -0.2) is 19.1 Å². The van der Waals surface area contributed by atoms with Crippen LogP contribution in [0.25, 0.3) is 0 Å². The van der Waals surface area contributed by atoms with Crippen molar-refractivity contribution in [2.45, 2.75) is 25.6 Å². The maximum Gasteiger partial charge on any atom is 0.418 e. The van der Waals surface area contributed by atoms with Gasteiger partial charge < -0.3 is 14.8 Å². The first-order valence-electron chi connectivity index (χ1n) is 7.63. The molecular formula is C18H18F3NO3. The number of hydrogen-bond acceptors (Lipinski definition) is 3. The lowest BCUT2D eigenvalue weighted by atomic mass is 10.1. The Kier molecular flexibility index (Phi) is 5.90. The number of hydrogen-bond donors (Lipinski definition) is 1. The van der Waals surface area contributed by atoms with Crippen LogP contribution in [0.3, 0.4) is 0 Å². The average molecular weight is 353 g/mol. The number of para-hydroxylation sites is 3. The monoisotopic (exact) mass is 353 g/mol. The van der Waals surface area contributed by atoms with Gasteiger partial charge in [-0.05, 0) is 30.7 Å². The summed E-state index contributed by atoms with van der Waals surface area (Å²) in [4.78, 5) is 12.4. The minimum absolute atomic E-state index is 0.276. The fraction of sp³-hybridized carbons (Fsp3) is 0.278. The zero-order valence-corrected chi connectivity index (χ0v) is 13.8. The summed E-state index contributed by atoms with van der Waals surface area (Å²) >= 11 is 0. The molecule has 0 saturated carbocycles. The molecule has 0 radical (unpaired) electrons. The van der Waals surface area contributed by atoms with Crippen LogP contribution in [0, 0.1) is 0 Å². The summed E-state index contributed by atoms with van der Waals surface area (Å²) in [6, 6.07) is 11.5. The van der Waals surface area contributed by atoms with E-state index in [1.54, 1.807) is 31.2 Å². The molecule has 2 aromatic carbocycles. The van der Waals surface area contributed by atoms with Gasteiger partial charge in [-0.2, -0.15) is 13.2 Å². The van der Waals surface area contributed by atoms with Gasteiger partial charge >= 0.3 is 6.18 Å². The number of anilines is 1. The van der Waals surface area contributed by atoms with E-state index < -0.39 is 23.8 Å². The molecule has 0 fully saturated rings. The van der Waals surface area contributed by atoms with Gasteiger partial charge in [0.25, 0.3) is 5.91 Å². The summed E-state index contributed by atoms with van der Waals surface area (Å²) in [7, 11) is 1.46. The zero-order chi connectivity index (χ0) is 18.4. The smallest absolute Gasteiger partial charge is 0.418 e. The van der Waals surface area contributed by atoms with Crippen LogP contribution in [0.1, 0.15) is 18.9 Å². The van der Waals surface area contributed by atoms with Gasteiger partial charge in [-0.1, -0.05) is 31.2 Å². The lowest BCUT2D eigenvalue weighted by Gasteiger charge is -2.20. The van der Waals surface area contributed by atoms with Crippen LogP contribution in [0.2, 0.25) is 0 Å². The van der Waals surface area contributed by atoms with Crippen molar-refractivity contribution < 1.29 is 27.4 Å². The average Bonchev–Trinajstić information content (AvgIpc) is 2.59. The van der Waals surface area contributed by atoms with E-state index in [9.17, 15) is 18.0 Å². The first-order chi connectivity index (χ1) is 11.9. The number of ether oxygens (including phenoxy) is 2. The molecule has 0 saturated heterocycles. The third kappa shape index (κ3) is 4.65. The molecule has 1 atom stereocenters. The fourth-order valence-electron chi connectivity index (χ4n) is 2.24. The van der Waals surface area contributed by atoms with Gasteiger partial charge in [-0.15, -0.1) is 0 Å². The molecule has 0 bridgehead atoms. The molecular weight excluding hydrogens is 335 g/mol. The maximum absolute atomic E-state index is 13.0. The molecule has 1 amide bonds. The standard InChI is InChI=1S/C18H18F3NO3/c1-3-14(25-16-11-7-6-10-15(16)24-2)17(23)22-13-9-5-4-8-12(13)18(19,20)21/h4-11,14H,3H2,1-2H3,(H,22,23)/t14-/m0/s1. The van der Waals surface area contributed by atoms with Gasteiger partial charge in [-0.3, -0.25) is 4.79 Å². The summed E-state index contributed by atoms with van der Waals surface area (Å²) in [5, 5.41) is 2.30. The third-order valence-electron chi connectivity index (χ3n) is 3.49. The Morgan fingerprint density at radius 1 is 1.08 bits per heavy atom. The van der Waals surface area contributed by atoms with Crippen LogP contribution in [0.4, 0.5) is 18.9 Å². The quantitative estimate of drug-likeness (QED) is 0.831. The third-order valence-corrected chi connectivity index (χ3v) is 3.49. The van der Waals surface area contributed by atoms with Crippen molar-refractivity contribution >= 4 is 11.6 Å². The fourth-order valence-corrected chi connectivity index (χ4v) is 2.24. The van der Waals surface area contributed by atoms with Crippen molar-refractivity contribution in [1.82, 2.24) is 0 Å². The van der Waals surface area contributed by atoms with Gasteiger partial charge in [0, 0.05) is 0 Å². The maximum atomic E-state index is 13.0. The number of alkyl halides is 3. The highest BCUT2D eigenvalue weighted by atomic mass is 19.4. The summed E-state index contributed by atoms with van der Waals surface area (Å²) in [5.74, 6) is 0.116. The molecule has 0 heterocycles. The van der Waals surface area contributed by atoms with Crippen molar-refractivity contribution in [1.29, 1.82) is 0 Å². The molecule has 0 spiro atoms. The van der Waals surface area contributed by atoms with Crippen LogP contribution in [0.15, 0.2) is 48.5 Å². The Labute approximate surface area is 143 Å². The largest absolute Gasteiger partial charge is 0.493 e. The molecule has 0 aromatic heterocycles. The van der Waals surface area contributed by atoms with E-state index in [0.717, 1.165) is 6.07 Å². The van der Waals surface area contributed by atoms with E-state index >= 15 is 0 Å². The molecule has 2 aromatic rings. The summed E-state index contributed by atoms with van der Waals surface area (Å²) in [6.45, 7) is 1.70. The topological polar surface area (TPSA) is 47.6 Å². The van der Waals surface area contributed by atoms with Crippen molar-refractivity contribution in [3.63, 3.8) is 0 Å². The highest BCUT2D eigenvalue weighted by Crippen LogP contribution is 2.35. The summed E-state index contributed by atoms with van der Waals surface area (Å²) < 4.78 is 49.9. The number of amides is 1. The first kappa shape index (κ1) is 18.6. The number of nitrogens with one attached hydrogen (secondary N) is 1. The molecule has 2 rings (SSSR count). The molecule has 0 unspecified atom stereocenters. The second-order valence-electron chi connectivity index (χ2n) is 5.20. The van der Waals surface area contributed by atoms with Crippen molar-refractivity contribution in [2.24, 2.45) is 0 Å². The highest BCUT2D eigenvalue weighted by Gasteiger charge is 2.34. The second-order valence-corrected chi connectivity index (χ2v) is 5.20. The molecule has 25 heavy (non-hydrogen) atoms. The molecule has 0 aliphatic carbocycles. The van der Waals surface area contributed by atoms with Gasteiger partial charge in [0.2, 0.25) is 0 Å². The minimum Gasteiger partial charge on any atom is -0.493 e. The lowest BCUT2D eigenvalue weighted by Crippen LogP contribution is -2.33.